The van der Waals surface area contributed by atoms with Crippen LogP contribution in [-0.4, -0.2) is 34.1 Å². The van der Waals surface area contributed by atoms with Gasteiger partial charge in [-0.05, 0) is 6.92 Å². The van der Waals surface area contributed by atoms with Crippen molar-refractivity contribution in [2.45, 2.75) is 6.92 Å². The number of aliphatic carboxylic acids is 1. The normalized spacial score (nSPS) is 8.14. The Kier molecular flexibility index (Phi) is 8.59. The molecule has 0 radical (unpaired) electrons. The van der Waals surface area contributed by atoms with Crippen molar-refractivity contribution < 1.29 is 9.90 Å². The zero-order chi connectivity index (χ0) is 4.99. The molecule has 0 saturated heterocycles. The molecular formula is C4H8MgO2. The van der Waals surface area contributed by atoms with Gasteiger partial charge in [-0.2, -0.15) is 0 Å². The number of hydrogen-bond acceptors (Lipinski definition) is 1. The zero-order valence-corrected chi connectivity index (χ0v) is 3.51. The maximum Gasteiger partial charge on any atom is 0.327 e. The van der Waals surface area contributed by atoms with Crippen molar-refractivity contribution in [3.05, 3.63) is 12.2 Å². The summed E-state index contributed by atoms with van der Waals surface area (Å²) in [6, 6.07) is 0. The highest BCUT2D eigenvalue weighted by molar-refractivity contribution is 5.79. The molecular weight excluding hydrogens is 104 g/mol. The molecule has 0 heterocycles. The van der Waals surface area contributed by atoms with Crippen LogP contribution in [0.1, 0.15) is 6.92 Å². The topological polar surface area (TPSA) is 37.3 Å². The second kappa shape index (κ2) is 5.98. The Hall–Kier alpha value is -0.0238. The molecule has 2 nitrogen and oxygen atoms in total. The van der Waals surface area contributed by atoms with E-state index in [0.717, 1.165) is 6.08 Å². The van der Waals surface area contributed by atoms with Crippen molar-refractivity contribution in [2.75, 3.05) is 0 Å². The summed E-state index contributed by atoms with van der Waals surface area (Å²) in [6.07, 6.45) is 2.56. The van der Waals surface area contributed by atoms with Crippen molar-refractivity contribution in [3.8, 4) is 0 Å². The van der Waals surface area contributed by atoms with Crippen molar-refractivity contribution >= 4 is 29.0 Å². The SMILES string of the molecule is CC=CC(=O)O.[MgH2]. The quantitative estimate of drug-likeness (QED) is 0.375. The van der Waals surface area contributed by atoms with E-state index in [2.05, 4.69) is 0 Å². The second-order valence-corrected chi connectivity index (χ2v) is 0.838. The highest BCUT2D eigenvalue weighted by Gasteiger charge is 1.76. The smallest absolute Gasteiger partial charge is 0.327 e. The van der Waals surface area contributed by atoms with Crippen LogP contribution in [0, 0.1) is 0 Å². The average molecular weight is 112 g/mol. The lowest BCUT2D eigenvalue weighted by atomic mass is 10.5. The minimum atomic E-state index is -0.891. The van der Waals surface area contributed by atoms with Crippen LogP contribution in [0.3, 0.4) is 0 Å². The first-order valence-electron chi connectivity index (χ1n) is 1.63. The van der Waals surface area contributed by atoms with Gasteiger partial charge in [-0.3, -0.25) is 0 Å². The molecule has 0 atom stereocenters. The van der Waals surface area contributed by atoms with Crippen molar-refractivity contribution in [1.29, 1.82) is 0 Å². The molecule has 0 rings (SSSR count). The van der Waals surface area contributed by atoms with E-state index >= 15 is 0 Å². The number of carboxylic acids is 1. The Morgan fingerprint density at radius 2 is 2.14 bits per heavy atom. The molecule has 38 valence electrons. The summed E-state index contributed by atoms with van der Waals surface area (Å²) in [5, 5.41) is 7.83. The van der Waals surface area contributed by atoms with Crippen LogP contribution in [0.2, 0.25) is 0 Å². The molecule has 0 unspecified atom stereocenters. The highest BCUT2D eigenvalue weighted by Crippen LogP contribution is 1.65. The van der Waals surface area contributed by atoms with E-state index in [9.17, 15) is 4.79 Å². The van der Waals surface area contributed by atoms with Gasteiger partial charge in [0.15, 0.2) is 0 Å². The number of rotatable bonds is 1. The third-order valence-corrected chi connectivity index (χ3v) is 0.309. The number of carbonyl (C=O) groups is 1. The van der Waals surface area contributed by atoms with Crippen LogP contribution in [0.15, 0.2) is 12.2 Å². The maximum absolute atomic E-state index is 9.51. The van der Waals surface area contributed by atoms with Gasteiger partial charge in [0.2, 0.25) is 0 Å². The molecule has 0 aromatic heterocycles. The van der Waals surface area contributed by atoms with Crippen molar-refractivity contribution in [3.63, 3.8) is 0 Å². The molecule has 0 saturated carbocycles. The van der Waals surface area contributed by atoms with Gasteiger partial charge in [-0.15, -0.1) is 0 Å². The molecule has 1 N–H and O–H groups in total. The van der Waals surface area contributed by atoms with E-state index in [1.807, 2.05) is 0 Å². The molecule has 0 amide bonds. The third kappa shape index (κ3) is 10.7. The summed E-state index contributed by atoms with van der Waals surface area (Å²) in [4.78, 5) is 9.51. The average Bonchev–Trinajstić information content (AvgIpc) is 1.35. The first-order valence-corrected chi connectivity index (χ1v) is 1.63. The van der Waals surface area contributed by atoms with Gasteiger partial charge in [0.1, 0.15) is 0 Å². The number of carboxylic acid groups (broad SMARTS) is 1. The Labute approximate surface area is 58.4 Å². The molecule has 0 fully saturated rings. The van der Waals surface area contributed by atoms with Gasteiger partial charge < -0.3 is 5.11 Å². The third-order valence-electron chi connectivity index (χ3n) is 0.309. The fraction of sp³-hybridized carbons (Fsp3) is 0.250. The standard InChI is InChI=1S/C4H6O2.Mg.2H/c1-2-3-4(5)6;;;/h2-3H,1H3,(H,5,6);;;. The molecule has 7 heavy (non-hydrogen) atoms. The fourth-order valence-corrected chi connectivity index (χ4v) is 0.143. The predicted octanol–water partition coefficient (Wildman–Crippen LogP) is -0.269. The molecule has 0 aliphatic rings. The lowest BCUT2D eigenvalue weighted by molar-refractivity contribution is -0.131. The fourth-order valence-electron chi connectivity index (χ4n) is 0.143. The van der Waals surface area contributed by atoms with Gasteiger partial charge in [0.25, 0.3) is 0 Å². The summed E-state index contributed by atoms with van der Waals surface area (Å²) < 4.78 is 0. The number of hydrogen-bond donors (Lipinski definition) is 1. The van der Waals surface area contributed by atoms with E-state index in [0.29, 0.717) is 0 Å². The van der Waals surface area contributed by atoms with E-state index in [1.165, 1.54) is 6.08 Å². The van der Waals surface area contributed by atoms with E-state index in [-0.39, 0.29) is 23.1 Å². The van der Waals surface area contributed by atoms with Crippen LogP contribution in [-0.2, 0) is 4.79 Å². The lowest BCUT2D eigenvalue weighted by Crippen LogP contribution is -1.83. The number of allylic oxidation sites excluding steroid dienone is 1. The van der Waals surface area contributed by atoms with Crippen LogP contribution >= 0.6 is 0 Å². The summed E-state index contributed by atoms with van der Waals surface area (Å²) in [7, 11) is 0. The van der Waals surface area contributed by atoms with Gasteiger partial charge in [-0.25, -0.2) is 4.79 Å². The molecule has 3 heteroatoms. The Balaban J connectivity index is 0. The van der Waals surface area contributed by atoms with Crippen LogP contribution < -0.4 is 0 Å². The molecule has 0 spiro atoms. The molecule has 0 aromatic rings. The molecule has 0 bridgehead atoms. The second-order valence-electron chi connectivity index (χ2n) is 0.838. The van der Waals surface area contributed by atoms with Crippen LogP contribution in [0.5, 0.6) is 0 Å². The first-order chi connectivity index (χ1) is 2.77. The van der Waals surface area contributed by atoms with Crippen molar-refractivity contribution in [2.24, 2.45) is 0 Å². The van der Waals surface area contributed by atoms with Crippen molar-refractivity contribution in [1.82, 2.24) is 0 Å². The summed E-state index contributed by atoms with van der Waals surface area (Å²) >= 11 is 0. The zero-order valence-electron chi connectivity index (χ0n) is 3.51. The van der Waals surface area contributed by atoms with Crippen LogP contribution in [0.25, 0.3) is 0 Å². The predicted molar refractivity (Wildman–Crippen MR) is 31.0 cm³/mol. The van der Waals surface area contributed by atoms with Gasteiger partial charge in [0, 0.05) is 6.08 Å². The minimum Gasteiger partial charge on any atom is -0.478 e. The Morgan fingerprint density at radius 1 is 1.71 bits per heavy atom. The summed E-state index contributed by atoms with van der Waals surface area (Å²) in [5.74, 6) is -0.891. The van der Waals surface area contributed by atoms with E-state index < -0.39 is 5.97 Å². The van der Waals surface area contributed by atoms with Gasteiger partial charge >= 0.3 is 29.0 Å². The first kappa shape index (κ1) is 10.1. The molecule has 0 aromatic carbocycles. The van der Waals surface area contributed by atoms with E-state index in [4.69, 9.17) is 5.11 Å². The highest BCUT2D eigenvalue weighted by atomic mass is 24.3. The van der Waals surface area contributed by atoms with Gasteiger partial charge in [0.05, 0.1) is 0 Å². The Bertz CT molecular complexity index is 77.8. The lowest BCUT2D eigenvalue weighted by Gasteiger charge is -1.68. The minimum absolute atomic E-state index is 0. The Morgan fingerprint density at radius 3 is 2.14 bits per heavy atom. The maximum atomic E-state index is 9.51. The largest absolute Gasteiger partial charge is 0.478 e. The van der Waals surface area contributed by atoms with Crippen LogP contribution in [0.4, 0.5) is 0 Å². The molecule has 0 aliphatic carbocycles. The molecule has 0 aliphatic heterocycles. The monoisotopic (exact) mass is 112 g/mol. The summed E-state index contributed by atoms with van der Waals surface area (Å²) in [5.41, 5.74) is 0. The van der Waals surface area contributed by atoms with E-state index in [1.54, 1.807) is 6.92 Å². The summed E-state index contributed by atoms with van der Waals surface area (Å²) in [6.45, 7) is 1.66. The van der Waals surface area contributed by atoms with Gasteiger partial charge in [-0.1, -0.05) is 6.08 Å².